The maximum atomic E-state index is 6.07. The van der Waals surface area contributed by atoms with Gasteiger partial charge in [-0.05, 0) is 36.7 Å². The van der Waals surface area contributed by atoms with Crippen LogP contribution in [0.2, 0.25) is 5.02 Å². The molecule has 0 bridgehead atoms. The van der Waals surface area contributed by atoms with Crippen LogP contribution in [0.1, 0.15) is 25.2 Å². The maximum absolute atomic E-state index is 6.07. The summed E-state index contributed by atoms with van der Waals surface area (Å²) in [6.45, 7) is 6.38. The molecule has 2 aromatic rings. The van der Waals surface area contributed by atoms with Gasteiger partial charge in [0.1, 0.15) is 12.4 Å². The summed E-state index contributed by atoms with van der Waals surface area (Å²) < 4.78 is 5.81. The second kappa shape index (κ2) is 7.96. The van der Waals surface area contributed by atoms with Crippen molar-refractivity contribution in [2.24, 2.45) is 5.92 Å². The van der Waals surface area contributed by atoms with E-state index in [0.717, 1.165) is 24.4 Å². The summed E-state index contributed by atoms with van der Waals surface area (Å²) in [6, 6.07) is 7.43. The topological polar surface area (TPSA) is 47.0 Å². The monoisotopic (exact) mass is 305 g/mol. The Morgan fingerprint density at radius 2 is 2.00 bits per heavy atom. The van der Waals surface area contributed by atoms with Gasteiger partial charge in [0, 0.05) is 29.5 Å². The summed E-state index contributed by atoms with van der Waals surface area (Å²) in [4.78, 5) is 8.30. The first kappa shape index (κ1) is 15.7. The lowest BCUT2D eigenvalue weighted by Gasteiger charge is -2.13. The van der Waals surface area contributed by atoms with Crippen LogP contribution in [0.5, 0.6) is 5.75 Å². The molecule has 0 fully saturated rings. The molecule has 1 aromatic carbocycles. The third-order valence-electron chi connectivity index (χ3n) is 2.87. The number of nitrogens with one attached hydrogen (secondary N) is 1. The van der Waals surface area contributed by atoms with E-state index in [2.05, 4.69) is 29.1 Å². The summed E-state index contributed by atoms with van der Waals surface area (Å²) >= 11 is 6.07. The number of hydrogen-bond donors (Lipinski definition) is 1. The first-order chi connectivity index (χ1) is 10.1. The highest BCUT2D eigenvalue weighted by atomic mass is 35.5. The van der Waals surface area contributed by atoms with E-state index in [-0.39, 0.29) is 0 Å². The van der Waals surface area contributed by atoms with Crippen molar-refractivity contribution in [3.05, 3.63) is 53.1 Å². The van der Waals surface area contributed by atoms with Gasteiger partial charge in [-0.3, -0.25) is 0 Å². The molecule has 5 heteroatoms. The molecule has 2 rings (SSSR count). The summed E-state index contributed by atoms with van der Waals surface area (Å²) in [5.74, 6) is 2.07. The van der Waals surface area contributed by atoms with E-state index in [9.17, 15) is 0 Å². The molecule has 0 aliphatic heterocycles. The Balaban J connectivity index is 2.00. The highest BCUT2D eigenvalue weighted by Gasteiger charge is 2.06. The molecule has 112 valence electrons. The first-order valence-corrected chi connectivity index (χ1v) is 7.41. The van der Waals surface area contributed by atoms with Crippen LogP contribution in [0.4, 0.5) is 0 Å². The van der Waals surface area contributed by atoms with Gasteiger partial charge in [0.15, 0.2) is 5.82 Å². The lowest BCUT2D eigenvalue weighted by molar-refractivity contribution is 0.292. The molecule has 0 radical (unpaired) electrons. The van der Waals surface area contributed by atoms with Gasteiger partial charge in [-0.15, -0.1) is 0 Å². The molecule has 4 nitrogen and oxygen atoms in total. The lowest BCUT2D eigenvalue weighted by Crippen LogP contribution is -2.19. The van der Waals surface area contributed by atoms with Crippen molar-refractivity contribution in [1.29, 1.82) is 0 Å². The average molecular weight is 306 g/mol. The van der Waals surface area contributed by atoms with Crippen LogP contribution in [0, 0.1) is 5.92 Å². The number of ether oxygens (including phenoxy) is 1. The minimum absolute atomic E-state index is 0.347. The Kier molecular flexibility index (Phi) is 5.96. The van der Waals surface area contributed by atoms with Gasteiger partial charge in [0.2, 0.25) is 0 Å². The fraction of sp³-hybridized carbons (Fsp3) is 0.375. The minimum atomic E-state index is 0.347. The van der Waals surface area contributed by atoms with Gasteiger partial charge in [-0.1, -0.05) is 25.4 Å². The van der Waals surface area contributed by atoms with Crippen molar-refractivity contribution in [3.8, 4) is 5.75 Å². The number of benzene rings is 1. The van der Waals surface area contributed by atoms with E-state index in [0.29, 0.717) is 23.4 Å². The predicted molar refractivity (Wildman–Crippen MR) is 84.4 cm³/mol. The Hall–Kier alpha value is -1.65. The number of hydrogen-bond acceptors (Lipinski definition) is 4. The zero-order valence-corrected chi connectivity index (χ0v) is 13.1. The van der Waals surface area contributed by atoms with Crippen LogP contribution in [0.25, 0.3) is 0 Å². The van der Waals surface area contributed by atoms with Crippen LogP contribution >= 0.6 is 11.6 Å². The summed E-state index contributed by atoms with van der Waals surface area (Å²) in [6.07, 6.45) is 3.41. The molecular formula is C16H20ClN3O. The molecule has 1 aromatic heterocycles. The molecule has 0 spiro atoms. The minimum Gasteiger partial charge on any atom is -0.485 e. The Morgan fingerprint density at radius 3 is 2.71 bits per heavy atom. The lowest BCUT2D eigenvalue weighted by atomic mass is 10.2. The molecule has 0 saturated carbocycles. The number of halogens is 1. The average Bonchev–Trinajstić information content (AvgIpc) is 2.47. The number of rotatable bonds is 7. The van der Waals surface area contributed by atoms with E-state index in [1.165, 1.54) is 0 Å². The Bertz CT molecular complexity index is 561. The zero-order chi connectivity index (χ0) is 15.1. The third kappa shape index (κ3) is 5.33. The van der Waals surface area contributed by atoms with Gasteiger partial charge < -0.3 is 10.1 Å². The summed E-state index contributed by atoms with van der Waals surface area (Å²) in [5, 5.41) is 4.11. The van der Waals surface area contributed by atoms with Gasteiger partial charge in [-0.25, -0.2) is 9.97 Å². The summed E-state index contributed by atoms with van der Waals surface area (Å²) in [7, 11) is 0. The highest BCUT2D eigenvalue weighted by Crippen LogP contribution is 2.23. The molecule has 0 unspecified atom stereocenters. The molecular weight excluding hydrogens is 286 g/mol. The zero-order valence-electron chi connectivity index (χ0n) is 12.3. The third-order valence-corrected chi connectivity index (χ3v) is 3.10. The van der Waals surface area contributed by atoms with Crippen LogP contribution < -0.4 is 10.1 Å². The Morgan fingerprint density at radius 1 is 1.24 bits per heavy atom. The number of aromatic nitrogens is 2. The standard InChI is InChI=1S/C16H20ClN3O/c1-12(2)9-18-10-13-8-14(17)4-5-15(13)21-11-16-19-6-3-7-20-16/h3-8,12,18H,9-11H2,1-2H3. The Labute approximate surface area is 130 Å². The van der Waals surface area contributed by atoms with Crippen LogP contribution in [0.15, 0.2) is 36.7 Å². The summed E-state index contributed by atoms with van der Waals surface area (Å²) in [5.41, 5.74) is 1.04. The normalized spacial score (nSPS) is 10.9. The van der Waals surface area contributed by atoms with E-state index < -0.39 is 0 Å². The molecule has 21 heavy (non-hydrogen) atoms. The van der Waals surface area contributed by atoms with Gasteiger partial charge in [0.05, 0.1) is 0 Å². The molecule has 0 amide bonds. The van der Waals surface area contributed by atoms with Crippen LogP contribution in [-0.4, -0.2) is 16.5 Å². The van der Waals surface area contributed by atoms with Crippen LogP contribution in [-0.2, 0) is 13.2 Å². The molecule has 1 N–H and O–H groups in total. The second-order valence-corrected chi connectivity index (χ2v) is 5.67. The smallest absolute Gasteiger partial charge is 0.166 e. The first-order valence-electron chi connectivity index (χ1n) is 7.03. The fourth-order valence-corrected chi connectivity index (χ4v) is 2.06. The highest BCUT2D eigenvalue weighted by molar-refractivity contribution is 6.30. The van der Waals surface area contributed by atoms with Crippen molar-refractivity contribution in [2.45, 2.75) is 27.0 Å². The molecule has 0 atom stereocenters. The predicted octanol–water partition coefficient (Wildman–Crippen LogP) is 3.45. The molecule has 0 aliphatic rings. The van der Waals surface area contributed by atoms with Crippen molar-refractivity contribution < 1.29 is 4.74 Å². The molecule has 0 saturated heterocycles. The van der Waals surface area contributed by atoms with Crippen molar-refractivity contribution >= 4 is 11.6 Å². The number of nitrogens with zero attached hydrogens (tertiary/aromatic N) is 2. The fourth-order valence-electron chi connectivity index (χ4n) is 1.87. The second-order valence-electron chi connectivity index (χ2n) is 5.23. The van der Waals surface area contributed by atoms with Gasteiger partial charge in [0.25, 0.3) is 0 Å². The quantitative estimate of drug-likeness (QED) is 0.851. The molecule has 1 heterocycles. The largest absolute Gasteiger partial charge is 0.485 e. The van der Waals surface area contributed by atoms with E-state index in [1.54, 1.807) is 18.5 Å². The van der Waals surface area contributed by atoms with E-state index >= 15 is 0 Å². The van der Waals surface area contributed by atoms with Gasteiger partial charge in [-0.2, -0.15) is 0 Å². The molecule has 0 aliphatic carbocycles. The van der Waals surface area contributed by atoms with E-state index in [1.807, 2.05) is 18.2 Å². The van der Waals surface area contributed by atoms with Crippen molar-refractivity contribution in [1.82, 2.24) is 15.3 Å². The van der Waals surface area contributed by atoms with Gasteiger partial charge >= 0.3 is 0 Å². The van der Waals surface area contributed by atoms with Crippen molar-refractivity contribution in [3.63, 3.8) is 0 Å². The SMILES string of the molecule is CC(C)CNCc1cc(Cl)ccc1OCc1ncccn1. The van der Waals surface area contributed by atoms with E-state index in [4.69, 9.17) is 16.3 Å². The van der Waals surface area contributed by atoms with Crippen LogP contribution in [0.3, 0.4) is 0 Å². The van der Waals surface area contributed by atoms with Crippen molar-refractivity contribution in [2.75, 3.05) is 6.54 Å². The maximum Gasteiger partial charge on any atom is 0.166 e.